The molecule has 0 N–H and O–H groups in total. The average molecular weight is 559 g/mol. The Hall–Kier alpha value is -6.36. The molecule has 0 aliphatic carbocycles. The highest BCUT2D eigenvalue weighted by molar-refractivity contribution is 6.24. The highest BCUT2D eigenvalue weighted by Crippen LogP contribution is 2.40. The first kappa shape index (κ1) is 25.4. The summed E-state index contributed by atoms with van der Waals surface area (Å²) in [7, 11) is 0. The number of aromatic nitrogens is 2. The summed E-state index contributed by atoms with van der Waals surface area (Å²) >= 11 is 0. The zero-order valence-corrected chi connectivity index (χ0v) is 23.5. The number of pyridine rings is 2. The summed E-state index contributed by atoms with van der Waals surface area (Å²) in [5, 5.41) is 26.4. The van der Waals surface area contributed by atoms with Crippen LogP contribution in [0.4, 0.5) is 0 Å². The van der Waals surface area contributed by atoms with Gasteiger partial charge < -0.3 is 0 Å². The summed E-state index contributed by atoms with van der Waals surface area (Å²) in [6.07, 6.45) is 6.79. The van der Waals surface area contributed by atoms with Gasteiger partial charge in [0, 0.05) is 35.9 Å². The standard InChI is InChI=1S/C40H22N4/c41-21-33-13-15-43-23-37(33)27-5-1-25(2-6-27)35-17-29-9-11-31-19-36(20-32-12-10-30(18-35)39(29)40(31)32)26-3-7-28(8-4-26)38-24-44-16-14-34(38)22-42/h1-20,23-24H. The first-order chi connectivity index (χ1) is 21.7. The summed E-state index contributed by atoms with van der Waals surface area (Å²) in [6.45, 7) is 0. The van der Waals surface area contributed by atoms with E-state index in [-0.39, 0.29) is 0 Å². The fraction of sp³-hybridized carbons (Fsp3) is 0. The minimum Gasteiger partial charge on any atom is -0.264 e. The Labute approximate surface area is 254 Å². The number of hydrogen-bond donors (Lipinski definition) is 0. The van der Waals surface area contributed by atoms with E-state index in [4.69, 9.17) is 0 Å². The Morgan fingerprint density at radius 1 is 0.386 bits per heavy atom. The van der Waals surface area contributed by atoms with Crippen molar-refractivity contribution in [2.45, 2.75) is 0 Å². The Morgan fingerprint density at radius 2 is 0.727 bits per heavy atom. The zero-order valence-electron chi connectivity index (χ0n) is 23.5. The molecule has 2 aromatic heterocycles. The predicted molar refractivity (Wildman–Crippen MR) is 177 cm³/mol. The van der Waals surface area contributed by atoms with E-state index in [1.807, 2.05) is 0 Å². The minimum atomic E-state index is 0.620. The topological polar surface area (TPSA) is 73.4 Å². The van der Waals surface area contributed by atoms with Gasteiger partial charge in [-0.1, -0.05) is 72.8 Å². The lowest BCUT2D eigenvalue weighted by atomic mass is 9.89. The van der Waals surface area contributed by atoms with Crippen LogP contribution in [0.25, 0.3) is 76.8 Å². The lowest BCUT2D eigenvalue weighted by molar-refractivity contribution is 1.31. The number of nitriles is 2. The van der Waals surface area contributed by atoms with E-state index in [1.54, 1.807) is 36.9 Å². The van der Waals surface area contributed by atoms with Crippen LogP contribution in [-0.4, -0.2) is 9.97 Å². The average Bonchev–Trinajstić information content (AvgIpc) is 3.10. The molecule has 0 aliphatic heterocycles. The lowest BCUT2D eigenvalue weighted by Gasteiger charge is -2.15. The van der Waals surface area contributed by atoms with E-state index in [9.17, 15) is 10.5 Å². The Morgan fingerprint density at radius 3 is 1.07 bits per heavy atom. The van der Waals surface area contributed by atoms with Crippen LogP contribution in [0.2, 0.25) is 0 Å². The van der Waals surface area contributed by atoms with Gasteiger partial charge in [-0.2, -0.15) is 10.5 Å². The zero-order chi connectivity index (χ0) is 29.6. The third-order valence-corrected chi connectivity index (χ3v) is 8.48. The maximum Gasteiger partial charge on any atom is 0.0999 e. The van der Waals surface area contributed by atoms with Gasteiger partial charge in [-0.05, 0) is 102 Å². The SMILES string of the molecule is N#Cc1ccncc1-c1ccc(-c2cc3ccc4cc(-c5ccc(-c6cnccc6C#N)cc5)cc5ccc(c2)c3c45)cc1. The van der Waals surface area contributed by atoms with Crippen LogP contribution >= 0.6 is 0 Å². The van der Waals surface area contributed by atoms with Crippen LogP contribution in [-0.2, 0) is 0 Å². The van der Waals surface area contributed by atoms with E-state index in [0.29, 0.717) is 11.1 Å². The van der Waals surface area contributed by atoms with Crippen LogP contribution < -0.4 is 0 Å². The smallest absolute Gasteiger partial charge is 0.0999 e. The molecule has 6 aromatic carbocycles. The van der Waals surface area contributed by atoms with E-state index < -0.39 is 0 Å². The first-order valence-electron chi connectivity index (χ1n) is 14.3. The third-order valence-electron chi connectivity index (χ3n) is 8.48. The van der Waals surface area contributed by atoms with Crippen LogP contribution in [0.5, 0.6) is 0 Å². The summed E-state index contributed by atoms with van der Waals surface area (Å²) in [4.78, 5) is 8.42. The number of rotatable bonds is 4. The van der Waals surface area contributed by atoms with E-state index in [1.165, 1.54) is 32.3 Å². The van der Waals surface area contributed by atoms with Gasteiger partial charge in [0.1, 0.15) is 0 Å². The second-order valence-corrected chi connectivity index (χ2v) is 10.9. The molecule has 0 saturated heterocycles. The van der Waals surface area contributed by atoms with Gasteiger partial charge in [-0.15, -0.1) is 0 Å². The van der Waals surface area contributed by atoms with Crippen molar-refractivity contribution in [1.82, 2.24) is 9.97 Å². The molecule has 0 fully saturated rings. The molecule has 44 heavy (non-hydrogen) atoms. The fourth-order valence-electron chi connectivity index (χ4n) is 6.30. The van der Waals surface area contributed by atoms with Gasteiger partial charge in [0.05, 0.1) is 23.3 Å². The van der Waals surface area contributed by atoms with Crippen molar-refractivity contribution in [1.29, 1.82) is 10.5 Å². The van der Waals surface area contributed by atoms with Crippen LogP contribution in [0, 0.1) is 22.7 Å². The summed E-state index contributed by atoms with van der Waals surface area (Å²) in [5.41, 5.74) is 9.44. The fourth-order valence-corrected chi connectivity index (χ4v) is 6.30. The molecular weight excluding hydrogens is 536 g/mol. The molecule has 0 spiro atoms. The van der Waals surface area contributed by atoms with Gasteiger partial charge in [-0.3, -0.25) is 9.97 Å². The first-order valence-corrected chi connectivity index (χ1v) is 14.3. The predicted octanol–water partition coefficient (Wildman–Crippen LogP) is 9.79. The molecule has 202 valence electrons. The van der Waals surface area contributed by atoms with Gasteiger partial charge in [0.15, 0.2) is 0 Å². The van der Waals surface area contributed by atoms with Gasteiger partial charge in [-0.25, -0.2) is 0 Å². The highest BCUT2D eigenvalue weighted by atomic mass is 14.6. The minimum absolute atomic E-state index is 0.620. The Kier molecular flexibility index (Phi) is 5.86. The maximum atomic E-state index is 9.49. The summed E-state index contributed by atoms with van der Waals surface area (Å²) in [6, 6.07) is 42.6. The van der Waals surface area contributed by atoms with Crippen molar-refractivity contribution in [2.24, 2.45) is 0 Å². The van der Waals surface area contributed by atoms with Crippen LogP contribution in [0.3, 0.4) is 0 Å². The molecule has 0 aliphatic rings. The molecule has 0 saturated carbocycles. The normalized spacial score (nSPS) is 11.1. The van der Waals surface area contributed by atoms with Gasteiger partial charge >= 0.3 is 0 Å². The third kappa shape index (κ3) is 4.14. The quantitative estimate of drug-likeness (QED) is 0.202. The molecule has 0 atom stereocenters. The van der Waals surface area contributed by atoms with Crippen molar-refractivity contribution in [3.8, 4) is 56.6 Å². The molecule has 0 unspecified atom stereocenters. The Bertz CT molecular complexity index is 2200. The van der Waals surface area contributed by atoms with Crippen molar-refractivity contribution in [3.05, 3.63) is 145 Å². The van der Waals surface area contributed by atoms with Crippen LogP contribution in [0.15, 0.2) is 134 Å². The molecule has 4 heteroatoms. The van der Waals surface area contributed by atoms with Crippen molar-refractivity contribution in [2.75, 3.05) is 0 Å². The maximum absolute atomic E-state index is 9.49. The van der Waals surface area contributed by atoms with Gasteiger partial charge in [0.25, 0.3) is 0 Å². The summed E-state index contributed by atoms with van der Waals surface area (Å²) in [5.74, 6) is 0. The number of benzene rings is 6. The highest BCUT2D eigenvalue weighted by Gasteiger charge is 2.13. The molecule has 4 nitrogen and oxygen atoms in total. The molecule has 2 heterocycles. The van der Waals surface area contributed by atoms with Crippen LogP contribution in [0.1, 0.15) is 11.1 Å². The second kappa shape index (κ2) is 10.2. The number of hydrogen-bond acceptors (Lipinski definition) is 4. The molecule has 8 rings (SSSR count). The molecule has 0 amide bonds. The molecule has 8 aromatic rings. The van der Waals surface area contributed by atoms with Gasteiger partial charge in [0.2, 0.25) is 0 Å². The van der Waals surface area contributed by atoms with E-state index >= 15 is 0 Å². The summed E-state index contributed by atoms with van der Waals surface area (Å²) < 4.78 is 0. The van der Waals surface area contributed by atoms with Crippen molar-refractivity contribution < 1.29 is 0 Å². The monoisotopic (exact) mass is 558 g/mol. The molecule has 0 bridgehead atoms. The second-order valence-electron chi connectivity index (χ2n) is 10.9. The molecule has 0 radical (unpaired) electrons. The number of nitrogens with zero attached hydrogens (tertiary/aromatic N) is 4. The van der Waals surface area contributed by atoms with E-state index in [0.717, 1.165) is 44.5 Å². The largest absolute Gasteiger partial charge is 0.264 e. The Balaban J connectivity index is 1.17. The lowest BCUT2D eigenvalue weighted by Crippen LogP contribution is -1.89. The van der Waals surface area contributed by atoms with E-state index in [2.05, 4.69) is 119 Å². The molecular formula is C40H22N4. The van der Waals surface area contributed by atoms with Crippen molar-refractivity contribution in [3.63, 3.8) is 0 Å². The van der Waals surface area contributed by atoms with Crippen molar-refractivity contribution >= 4 is 32.3 Å².